The summed E-state index contributed by atoms with van der Waals surface area (Å²) in [4.78, 5) is 0. The zero-order chi connectivity index (χ0) is 11.8. The van der Waals surface area contributed by atoms with Crippen LogP contribution >= 0.6 is 0 Å². The Morgan fingerprint density at radius 1 is 0.786 bits per heavy atom. The highest BCUT2D eigenvalue weighted by atomic mass is 28.4. The van der Waals surface area contributed by atoms with Gasteiger partial charge in [0.1, 0.15) is 0 Å². The Kier molecular flexibility index (Phi) is 4.25. The average Bonchev–Trinajstić information content (AvgIpc) is 1.75. The lowest BCUT2D eigenvalue weighted by molar-refractivity contribution is 0.383. The van der Waals surface area contributed by atoms with Crippen LogP contribution in [0.2, 0.25) is 44.4 Å². The molecule has 14 heavy (non-hydrogen) atoms. The maximum Gasteiger partial charge on any atom is 0.0447 e. The quantitative estimate of drug-likeness (QED) is 0.598. The second-order valence-electron chi connectivity index (χ2n) is 8.05. The largest absolute Gasteiger partial charge is 0.0696 e. The highest BCUT2D eigenvalue weighted by Gasteiger charge is 2.39. The summed E-state index contributed by atoms with van der Waals surface area (Å²) in [7, 11) is -1.94. The molecule has 2 heteroatoms. The Balaban J connectivity index is 4.78. The van der Waals surface area contributed by atoms with Crippen LogP contribution in [0.4, 0.5) is 0 Å². The molecule has 0 rings (SSSR count). The number of hydrogen-bond donors (Lipinski definition) is 0. The van der Waals surface area contributed by atoms with Gasteiger partial charge >= 0.3 is 0 Å². The molecule has 86 valence electrons. The minimum absolute atomic E-state index is 0.505. The van der Waals surface area contributed by atoms with Crippen LogP contribution < -0.4 is 0 Å². The van der Waals surface area contributed by atoms with Crippen molar-refractivity contribution in [3.8, 4) is 0 Å². The van der Waals surface area contributed by atoms with E-state index >= 15 is 0 Å². The Bertz CT molecular complexity index is 162. The van der Waals surface area contributed by atoms with E-state index in [1.54, 1.807) is 0 Å². The van der Waals surface area contributed by atoms with Crippen molar-refractivity contribution >= 4 is 16.1 Å². The van der Waals surface area contributed by atoms with E-state index in [0.717, 1.165) is 5.16 Å². The minimum atomic E-state index is -0.970. The Hall–Kier alpha value is 0.434. The molecule has 0 bridgehead atoms. The van der Waals surface area contributed by atoms with Gasteiger partial charge in [0.25, 0.3) is 0 Å². The summed E-state index contributed by atoms with van der Waals surface area (Å²) in [6, 6.07) is 0. The molecule has 0 saturated carbocycles. The Labute approximate surface area is 93.5 Å². The first-order chi connectivity index (χ1) is 5.84. The molecule has 0 aromatic rings. The molecular formula is C12H30Si2. The fraction of sp³-hybridized carbons (Fsp3) is 1.00. The number of hydrogen-bond acceptors (Lipinski definition) is 0. The fourth-order valence-corrected chi connectivity index (χ4v) is 15.4. The SMILES string of the molecule is CC(C)(C)CC([Si](C)(C)C)[Si](C)(C)C. The Morgan fingerprint density at radius 2 is 1.07 bits per heavy atom. The van der Waals surface area contributed by atoms with Crippen molar-refractivity contribution in [1.29, 1.82) is 0 Å². The molecule has 0 radical (unpaired) electrons. The van der Waals surface area contributed by atoms with Gasteiger partial charge in [0, 0.05) is 16.1 Å². The van der Waals surface area contributed by atoms with Crippen LogP contribution in [0.25, 0.3) is 0 Å². The first-order valence-electron chi connectivity index (χ1n) is 5.84. The molecule has 0 aliphatic rings. The van der Waals surface area contributed by atoms with Crippen LogP contribution in [0.1, 0.15) is 27.2 Å². The molecule has 0 saturated heterocycles. The highest BCUT2D eigenvalue weighted by Crippen LogP contribution is 2.41. The van der Waals surface area contributed by atoms with Crippen molar-refractivity contribution in [1.82, 2.24) is 0 Å². The zero-order valence-electron chi connectivity index (χ0n) is 11.8. The van der Waals surface area contributed by atoms with Gasteiger partial charge in [-0.1, -0.05) is 66.5 Å². The van der Waals surface area contributed by atoms with Crippen molar-refractivity contribution in [3.63, 3.8) is 0 Å². The predicted octanol–water partition coefficient (Wildman–Crippen LogP) is 5.01. The Morgan fingerprint density at radius 3 is 1.14 bits per heavy atom. The van der Waals surface area contributed by atoms with E-state index in [0.29, 0.717) is 5.41 Å². The van der Waals surface area contributed by atoms with Gasteiger partial charge in [0.05, 0.1) is 0 Å². The summed E-state index contributed by atoms with van der Waals surface area (Å²) in [6.45, 7) is 22.4. The molecule has 0 atom stereocenters. The summed E-state index contributed by atoms with van der Waals surface area (Å²) in [5, 5.41) is 1.05. The van der Waals surface area contributed by atoms with E-state index in [2.05, 4.69) is 60.1 Å². The van der Waals surface area contributed by atoms with E-state index in [4.69, 9.17) is 0 Å². The van der Waals surface area contributed by atoms with Gasteiger partial charge in [-0.3, -0.25) is 0 Å². The molecule has 0 aliphatic carbocycles. The van der Waals surface area contributed by atoms with Crippen LogP contribution in [-0.4, -0.2) is 16.1 Å². The van der Waals surface area contributed by atoms with E-state index in [9.17, 15) is 0 Å². The monoisotopic (exact) mass is 230 g/mol. The van der Waals surface area contributed by atoms with Crippen LogP contribution in [-0.2, 0) is 0 Å². The average molecular weight is 231 g/mol. The van der Waals surface area contributed by atoms with E-state index < -0.39 is 16.1 Å². The standard InChI is InChI=1S/C12H30Si2/c1-12(2,3)10-11(13(4,5)6)14(7,8)9/h11H,10H2,1-9H3. The normalized spacial score (nSPS) is 15.0. The molecule has 0 N–H and O–H groups in total. The van der Waals surface area contributed by atoms with Crippen molar-refractivity contribution in [2.24, 2.45) is 5.41 Å². The molecular weight excluding hydrogens is 200 g/mol. The zero-order valence-corrected chi connectivity index (χ0v) is 13.8. The highest BCUT2D eigenvalue weighted by molar-refractivity contribution is 6.96. The van der Waals surface area contributed by atoms with Crippen LogP contribution in [0.3, 0.4) is 0 Å². The topological polar surface area (TPSA) is 0 Å². The third-order valence-corrected chi connectivity index (χ3v) is 12.7. The first-order valence-corrected chi connectivity index (χ1v) is 13.0. The van der Waals surface area contributed by atoms with Gasteiger partial charge in [-0.2, -0.15) is 0 Å². The summed E-state index contributed by atoms with van der Waals surface area (Å²) in [5.74, 6) is 0. The molecule has 0 aromatic heterocycles. The maximum absolute atomic E-state index is 2.54. The van der Waals surface area contributed by atoms with Gasteiger partial charge in [0.2, 0.25) is 0 Å². The molecule has 0 aromatic carbocycles. The lowest BCUT2D eigenvalue weighted by Gasteiger charge is -2.42. The first kappa shape index (κ1) is 14.4. The molecule has 0 heterocycles. The van der Waals surface area contributed by atoms with Crippen LogP contribution in [0.5, 0.6) is 0 Å². The van der Waals surface area contributed by atoms with Gasteiger partial charge in [-0.25, -0.2) is 0 Å². The minimum Gasteiger partial charge on any atom is -0.0696 e. The van der Waals surface area contributed by atoms with Gasteiger partial charge < -0.3 is 0 Å². The summed E-state index contributed by atoms with van der Waals surface area (Å²) in [5.41, 5.74) is 0.505. The number of rotatable bonds is 3. The van der Waals surface area contributed by atoms with Crippen molar-refractivity contribution < 1.29 is 0 Å². The second kappa shape index (κ2) is 4.13. The second-order valence-corrected chi connectivity index (χ2v) is 19.5. The van der Waals surface area contributed by atoms with E-state index in [-0.39, 0.29) is 0 Å². The summed E-state index contributed by atoms with van der Waals surface area (Å²) >= 11 is 0. The van der Waals surface area contributed by atoms with Crippen LogP contribution in [0, 0.1) is 5.41 Å². The van der Waals surface area contributed by atoms with Gasteiger partial charge in [0.15, 0.2) is 0 Å². The maximum atomic E-state index is 2.54. The van der Waals surface area contributed by atoms with Crippen molar-refractivity contribution in [2.45, 2.75) is 71.6 Å². The summed E-state index contributed by atoms with van der Waals surface area (Å²) in [6.07, 6.45) is 1.43. The van der Waals surface area contributed by atoms with Crippen molar-refractivity contribution in [3.05, 3.63) is 0 Å². The predicted molar refractivity (Wildman–Crippen MR) is 74.5 cm³/mol. The lowest BCUT2D eigenvalue weighted by Crippen LogP contribution is -2.45. The van der Waals surface area contributed by atoms with Gasteiger partial charge in [-0.15, -0.1) is 0 Å². The third kappa shape index (κ3) is 5.35. The molecule has 0 amide bonds. The lowest BCUT2D eigenvalue weighted by atomic mass is 9.93. The molecule has 0 unspecified atom stereocenters. The summed E-state index contributed by atoms with van der Waals surface area (Å²) < 4.78 is 0. The molecule has 0 spiro atoms. The molecule has 0 nitrogen and oxygen atoms in total. The van der Waals surface area contributed by atoms with E-state index in [1.807, 2.05) is 0 Å². The van der Waals surface area contributed by atoms with Gasteiger partial charge in [-0.05, 0) is 10.6 Å². The molecule has 0 fully saturated rings. The molecule has 0 aliphatic heterocycles. The van der Waals surface area contributed by atoms with Crippen LogP contribution in [0.15, 0.2) is 0 Å². The van der Waals surface area contributed by atoms with E-state index in [1.165, 1.54) is 6.42 Å². The van der Waals surface area contributed by atoms with Crippen molar-refractivity contribution in [2.75, 3.05) is 0 Å². The smallest absolute Gasteiger partial charge is 0.0447 e. The fourth-order valence-electron chi connectivity index (χ4n) is 2.52. The third-order valence-electron chi connectivity index (χ3n) is 2.91.